The van der Waals surface area contributed by atoms with Crippen LogP contribution in [0.1, 0.15) is 75.1 Å². The van der Waals surface area contributed by atoms with E-state index in [1.165, 1.54) is 55.7 Å². The van der Waals surface area contributed by atoms with E-state index in [9.17, 15) is 4.39 Å². The van der Waals surface area contributed by atoms with Gasteiger partial charge in [0, 0.05) is 34.9 Å². The van der Waals surface area contributed by atoms with Crippen molar-refractivity contribution < 1.29 is 4.39 Å². The molecule has 2 heterocycles. The molecule has 0 aliphatic heterocycles. The number of aromatic amines is 1. The predicted octanol–water partition coefficient (Wildman–Crippen LogP) is 7.46. The molecule has 0 unspecified atom stereocenters. The number of pyridine rings is 1. The Balaban J connectivity index is 0.000000228. The van der Waals surface area contributed by atoms with Crippen LogP contribution in [0.15, 0.2) is 79.1 Å². The number of para-hydroxylation sites is 1. The average Bonchev–Trinajstić information content (AvgIpc) is 3.06. The lowest BCUT2D eigenvalue weighted by Crippen LogP contribution is -2.07. The van der Waals surface area contributed by atoms with Crippen molar-refractivity contribution in [3.05, 3.63) is 102 Å². The maximum absolute atomic E-state index is 13.7. The lowest BCUT2D eigenvalue weighted by molar-refractivity contribution is 0.595. The summed E-state index contributed by atoms with van der Waals surface area (Å²) in [6.07, 6.45) is 12.1. The summed E-state index contributed by atoms with van der Waals surface area (Å²) in [7, 11) is 0. The number of rotatable bonds is 12. The second-order valence-corrected chi connectivity index (χ2v) is 10.3. The van der Waals surface area contributed by atoms with Crippen LogP contribution in [0.3, 0.4) is 0 Å². The van der Waals surface area contributed by atoms with Gasteiger partial charge in [-0.1, -0.05) is 82.0 Å². The van der Waals surface area contributed by atoms with Crippen LogP contribution in [0.25, 0.3) is 10.9 Å². The number of halogens is 1. The van der Waals surface area contributed by atoms with Gasteiger partial charge in [-0.25, -0.2) is 9.37 Å². The maximum atomic E-state index is 13.7. The lowest BCUT2D eigenvalue weighted by Gasteiger charge is -2.12. The SMILES string of the molecule is CC(C)c1cn[nH]ccc(N)nc1NCc1ccccc1F.NCCCCCCCCc1ccc2ccccc2n1. The van der Waals surface area contributed by atoms with Crippen molar-refractivity contribution in [2.24, 2.45) is 5.73 Å². The molecule has 0 radical (unpaired) electrons. The number of aryl methyl sites for hydroxylation is 1. The van der Waals surface area contributed by atoms with Crippen LogP contribution < -0.4 is 16.8 Å². The number of fused-ring (bicyclic) bond motifs is 1. The largest absolute Gasteiger partial charge is 0.384 e. The van der Waals surface area contributed by atoms with E-state index in [0.29, 0.717) is 23.7 Å². The van der Waals surface area contributed by atoms with Crippen molar-refractivity contribution in [3.63, 3.8) is 0 Å². The minimum atomic E-state index is -0.253. The first-order chi connectivity index (χ1) is 20.0. The Morgan fingerprint density at radius 2 is 1.59 bits per heavy atom. The number of nitrogens with one attached hydrogen (secondary N) is 2. The number of H-pyrrole nitrogens is 1. The van der Waals surface area contributed by atoms with Crippen LogP contribution in [0.5, 0.6) is 0 Å². The molecule has 0 bridgehead atoms. The molecule has 0 saturated heterocycles. The molecule has 6 N–H and O–H groups in total. The molecule has 4 rings (SSSR count). The summed E-state index contributed by atoms with van der Waals surface area (Å²) >= 11 is 0. The smallest absolute Gasteiger partial charge is 0.133 e. The van der Waals surface area contributed by atoms with Gasteiger partial charge in [0.15, 0.2) is 0 Å². The summed E-state index contributed by atoms with van der Waals surface area (Å²) < 4.78 is 13.7. The highest BCUT2D eigenvalue weighted by Crippen LogP contribution is 2.21. The first kappa shape index (κ1) is 31.5. The van der Waals surface area contributed by atoms with E-state index in [4.69, 9.17) is 16.5 Å². The number of nitrogens with two attached hydrogens (primary N) is 2. The van der Waals surface area contributed by atoms with Gasteiger partial charge in [0.05, 0.1) is 11.7 Å². The molecule has 0 amide bonds. The first-order valence-corrected chi connectivity index (χ1v) is 14.5. The molecule has 0 aliphatic carbocycles. The summed E-state index contributed by atoms with van der Waals surface area (Å²) in [4.78, 5) is 9.07. The summed E-state index contributed by atoms with van der Waals surface area (Å²) in [6, 6.07) is 20.9. The number of nitrogens with zero attached hydrogens (tertiary/aromatic N) is 3. The Labute approximate surface area is 243 Å². The molecular weight excluding hydrogens is 513 g/mol. The number of unbranched alkanes of at least 4 members (excludes halogenated alkanes) is 5. The van der Waals surface area contributed by atoms with Gasteiger partial charge in [-0.15, -0.1) is 0 Å². The van der Waals surface area contributed by atoms with Gasteiger partial charge in [-0.2, -0.15) is 5.10 Å². The van der Waals surface area contributed by atoms with E-state index >= 15 is 0 Å². The van der Waals surface area contributed by atoms with Crippen LogP contribution in [0.4, 0.5) is 16.0 Å². The fourth-order valence-electron chi connectivity index (χ4n) is 4.35. The van der Waals surface area contributed by atoms with E-state index < -0.39 is 0 Å². The van der Waals surface area contributed by atoms with Crippen LogP contribution in [-0.4, -0.2) is 26.7 Å². The minimum Gasteiger partial charge on any atom is -0.384 e. The Bertz CT molecular complexity index is 1380. The zero-order chi connectivity index (χ0) is 29.3. The number of hydrogen-bond donors (Lipinski definition) is 4. The van der Waals surface area contributed by atoms with Gasteiger partial charge in [-0.05, 0) is 56.0 Å². The predicted molar refractivity (Wildman–Crippen MR) is 168 cm³/mol. The van der Waals surface area contributed by atoms with Gasteiger partial charge < -0.3 is 16.8 Å². The van der Waals surface area contributed by atoms with Gasteiger partial charge in [0.1, 0.15) is 17.5 Å². The van der Waals surface area contributed by atoms with E-state index in [-0.39, 0.29) is 11.7 Å². The van der Waals surface area contributed by atoms with Crippen molar-refractivity contribution in [1.82, 2.24) is 20.2 Å². The topological polar surface area (TPSA) is 119 Å². The number of benzene rings is 2. The second-order valence-electron chi connectivity index (χ2n) is 10.3. The lowest BCUT2D eigenvalue weighted by atomic mass is 10.1. The summed E-state index contributed by atoms with van der Waals surface area (Å²) in [6.45, 7) is 5.22. The third-order valence-electron chi connectivity index (χ3n) is 6.69. The minimum absolute atomic E-state index is 0.184. The fourth-order valence-corrected chi connectivity index (χ4v) is 4.35. The number of anilines is 2. The van der Waals surface area contributed by atoms with Gasteiger partial charge >= 0.3 is 0 Å². The van der Waals surface area contributed by atoms with Gasteiger partial charge in [0.25, 0.3) is 0 Å². The first-order valence-electron chi connectivity index (χ1n) is 14.5. The molecule has 0 saturated carbocycles. The molecule has 4 aromatic rings. The summed E-state index contributed by atoms with van der Waals surface area (Å²) in [5.74, 6) is 0.861. The van der Waals surface area contributed by atoms with Crippen LogP contribution >= 0.6 is 0 Å². The highest BCUT2D eigenvalue weighted by Gasteiger charge is 2.08. The zero-order valence-corrected chi connectivity index (χ0v) is 24.3. The van der Waals surface area contributed by atoms with E-state index in [1.807, 2.05) is 13.8 Å². The molecule has 0 fully saturated rings. The molecule has 218 valence electrons. The van der Waals surface area contributed by atoms with Crippen LogP contribution in [0, 0.1) is 5.82 Å². The van der Waals surface area contributed by atoms with Gasteiger partial charge in [0.2, 0.25) is 0 Å². The van der Waals surface area contributed by atoms with Crippen LogP contribution in [-0.2, 0) is 13.0 Å². The average molecular weight is 558 g/mol. The highest BCUT2D eigenvalue weighted by molar-refractivity contribution is 5.78. The normalized spacial score (nSPS) is 10.7. The highest BCUT2D eigenvalue weighted by atomic mass is 19.1. The quantitative estimate of drug-likeness (QED) is 0.134. The molecule has 2 aromatic heterocycles. The Kier molecular flexibility index (Phi) is 13.5. The molecule has 2 aromatic carbocycles. The molecule has 0 atom stereocenters. The van der Waals surface area contributed by atoms with Crippen molar-refractivity contribution in [2.75, 3.05) is 17.6 Å². The number of aromatic nitrogens is 4. The second kappa shape index (κ2) is 17.6. The molecule has 0 spiro atoms. The number of hydrogen-bond acceptors (Lipinski definition) is 6. The maximum Gasteiger partial charge on any atom is 0.133 e. The molecule has 0 aliphatic rings. The standard InChI is InChI=1S/C17H24N2.C16H20FN5/c18-14-8-4-2-1-3-5-10-16-13-12-15-9-6-7-11-17(15)19-16;1-11(2)13-10-21-20-8-7-15(18)22-16(13)19-9-12-5-3-4-6-14(12)17/h6-7,9,11-13H,1-5,8,10,14,18H2;3-8,10-11,19-20H,9H2,1-2H3,(H2,18,22). The Morgan fingerprint density at radius 3 is 2.37 bits per heavy atom. The Hall–Kier alpha value is -4.04. The van der Waals surface area contributed by atoms with E-state index in [2.05, 4.69) is 56.9 Å². The molecular formula is C33H44FN7. The third-order valence-corrected chi connectivity index (χ3v) is 6.69. The summed E-state index contributed by atoms with van der Waals surface area (Å²) in [5, 5.41) is 11.2. The van der Waals surface area contributed by atoms with Crippen molar-refractivity contribution in [2.45, 2.75) is 71.3 Å². The van der Waals surface area contributed by atoms with E-state index in [1.54, 1.807) is 36.7 Å². The Morgan fingerprint density at radius 1 is 0.854 bits per heavy atom. The zero-order valence-electron chi connectivity index (χ0n) is 24.3. The molecule has 8 heteroatoms. The van der Waals surface area contributed by atoms with E-state index in [0.717, 1.165) is 24.0 Å². The van der Waals surface area contributed by atoms with Crippen LogP contribution in [0.2, 0.25) is 0 Å². The van der Waals surface area contributed by atoms with Gasteiger partial charge in [-0.3, -0.25) is 10.1 Å². The monoisotopic (exact) mass is 557 g/mol. The van der Waals surface area contributed by atoms with Crippen molar-refractivity contribution in [1.29, 1.82) is 0 Å². The van der Waals surface area contributed by atoms with Crippen molar-refractivity contribution >= 4 is 22.5 Å². The third kappa shape index (κ3) is 11.2. The molecule has 7 nitrogen and oxygen atoms in total. The molecule has 41 heavy (non-hydrogen) atoms. The fraction of sp³-hybridized carbons (Fsp3) is 0.364. The summed E-state index contributed by atoms with van der Waals surface area (Å²) in [5.41, 5.74) is 15.1. The number of nitrogen functional groups attached to an aromatic ring is 1. The van der Waals surface area contributed by atoms with Crippen molar-refractivity contribution in [3.8, 4) is 0 Å².